The number of rotatable bonds is 4. The smallest absolute Gasteiger partial charge is 0.344 e. The van der Waals surface area contributed by atoms with Crippen molar-refractivity contribution < 1.29 is 9.21 Å². The molecule has 1 heterocycles. The minimum absolute atomic E-state index is 0.288. The standard InChI is InChI=1S/C16H15NO3/c1-3-17(4-2)14-8-7-12-10-13(6-5-9-18)16(19)20-15(12)11-14/h6-8,10-11H,3-4H2,1-2H3. The van der Waals surface area contributed by atoms with E-state index in [2.05, 4.69) is 24.5 Å². The predicted molar refractivity (Wildman–Crippen MR) is 79.7 cm³/mol. The van der Waals surface area contributed by atoms with Crippen LogP contribution in [0.5, 0.6) is 0 Å². The highest BCUT2D eigenvalue weighted by molar-refractivity contribution is 5.82. The summed E-state index contributed by atoms with van der Waals surface area (Å²) in [5.41, 5.74) is 3.57. The van der Waals surface area contributed by atoms with E-state index in [-0.39, 0.29) is 5.56 Å². The third-order valence-electron chi connectivity index (χ3n) is 3.16. The highest BCUT2D eigenvalue weighted by Gasteiger charge is 2.07. The molecule has 0 radical (unpaired) electrons. The van der Waals surface area contributed by atoms with E-state index in [1.807, 2.05) is 18.2 Å². The first kappa shape index (κ1) is 13.9. The highest BCUT2D eigenvalue weighted by atomic mass is 16.4. The molecule has 0 aliphatic rings. The minimum atomic E-state index is -0.489. The molecule has 0 aliphatic carbocycles. The van der Waals surface area contributed by atoms with Gasteiger partial charge in [-0.1, -0.05) is 0 Å². The first-order chi connectivity index (χ1) is 9.69. The molecular formula is C16H15NO3. The molecule has 0 atom stereocenters. The highest BCUT2D eigenvalue weighted by Crippen LogP contribution is 2.22. The Labute approximate surface area is 116 Å². The Hall–Kier alpha value is -2.54. The van der Waals surface area contributed by atoms with Crippen molar-refractivity contribution in [2.75, 3.05) is 18.0 Å². The summed E-state index contributed by atoms with van der Waals surface area (Å²) in [4.78, 5) is 24.1. The van der Waals surface area contributed by atoms with Crippen LogP contribution in [0.25, 0.3) is 17.0 Å². The van der Waals surface area contributed by atoms with Gasteiger partial charge >= 0.3 is 5.63 Å². The van der Waals surface area contributed by atoms with Gasteiger partial charge in [0.25, 0.3) is 0 Å². The van der Waals surface area contributed by atoms with Crippen LogP contribution in [0.15, 0.2) is 39.2 Å². The molecule has 1 aromatic heterocycles. The van der Waals surface area contributed by atoms with Crippen LogP contribution in [0.4, 0.5) is 5.69 Å². The third kappa shape index (κ3) is 2.72. The monoisotopic (exact) mass is 269 g/mol. The third-order valence-corrected chi connectivity index (χ3v) is 3.16. The molecule has 20 heavy (non-hydrogen) atoms. The van der Waals surface area contributed by atoms with Gasteiger partial charge in [-0.15, -0.1) is 0 Å². The maximum atomic E-state index is 11.8. The molecule has 0 fully saturated rings. The van der Waals surface area contributed by atoms with E-state index >= 15 is 0 Å². The summed E-state index contributed by atoms with van der Waals surface area (Å²) in [6, 6.07) is 7.41. The van der Waals surface area contributed by atoms with Crippen molar-refractivity contribution in [1.82, 2.24) is 0 Å². The molecule has 0 spiro atoms. The van der Waals surface area contributed by atoms with Gasteiger partial charge in [0, 0.05) is 36.3 Å². The van der Waals surface area contributed by atoms with E-state index < -0.39 is 5.63 Å². The second kappa shape index (κ2) is 6.07. The van der Waals surface area contributed by atoms with E-state index in [0.29, 0.717) is 5.58 Å². The maximum absolute atomic E-state index is 11.8. The van der Waals surface area contributed by atoms with Crippen molar-refractivity contribution in [3.63, 3.8) is 0 Å². The van der Waals surface area contributed by atoms with Crippen molar-refractivity contribution in [2.45, 2.75) is 13.8 Å². The van der Waals surface area contributed by atoms with Gasteiger partial charge in [-0.25, -0.2) is 9.59 Å². The van der Waals surface area contributed by atoms with Crippen LogP contribution in [-0.4, -0.2) is 19.0 Å². The largest absolute Gasteiger partial charge is 0.422 e. The summed E-state index contributed by atoms with van der Waals surface area (Å²) >= 11 is 0. The molecule has 4 nitrogen and oxygen atoms in total. The molecule has 0 N–H and O–H groups in total. The fourth-order valence-electron chi connectivity index (χ4n) is 2.11. The van der Waals surface area contributed by atoms with Gasteiger partial charge in [0.2, 0.25) is 0 Å². The number of benzene rings is 1. The Morgan fingerprint density at radius 1 is 1.25 bits per heavy atom. The predicted octanol–water partition coefficient (Wildman–Crippen LogP) is 2.64. The summed E-state index contributed by atoms with van der Waals surface area (Å²) in [5, 5.41) is 0.805. The van der Waals surface area contributed by atoms with Crippen LogP contribution >= 0.6 is 0 Å². The molecule has 0 saturated heterocycles. The van der Waals surface area contributed by atoms with E-state index in [4.69, 9.17) is 4.42 Å². The summed E-state index contributed by atoms with van der Waals surface area (Å²) in [6.45, 7) is 5.92. The molecule has 2 rings (SSSR count). The lowest BCUT2D eigenvalue weighted by molar-refractivity contribution is 0.559. The van der Waals surface area contributed by atoms with E-state index in [9.17, 15) is 9.59 Å². The van der Waals surface area contributed by atoms with Gasteiger partial charge < -0.3 is 9.32 Å². The lowest BCUT2D eigenvalue weighted by Gasteiger charge is -2.20. The topological polar surface area (TPSA) is 50.5 Å². The Bertz CT molecular complexity index is 759. The maximum Gasteiger partial charge on any atom is 0.344 e. The van der Waals surface area contributed by atoms with Gasteiger partial charge in [0.1, 0.15) is 5.58 Å². The molecule has 102 valence electrons. The van der Waals surface area contributed by atoms with Crippen molar-refractivity contribution >= 4 is 28.7 Å². The molecule has 0 bridgehead atoms. The zero-order chi connectivity index (χ0) is 14.5. The second-order valence-electron chi connectivity index (χ2n) is 4.27. The number of hydrogen-bond donors (Lipinski definition) is 0. The quantitative estimate of drug-likeness (QED) is 0.486. The summed E-state index contributed by atoms with van der Waals surface area (Å²) in [6.07, 6.45) is 1.27. The molecule has 0 unspecified atom stereocenters. The lowest BCUT2D eigenvalue weighted by atomic mass is 10.1. The van der Waals surface area contributed by atoms with Crippen molar-refractivity contribution in [3.8, 4) is 0 Å². The van der Waals surface area contributed by atoms with Crippen LogP contribution in [0.2, 0.25) is 0 Å². The van der Waals surface area contributed by atoms with Crippen LogP contribution in [0.3, 0.4) is 0 Å². The molecule has 2 aromatic rings. The zero-order valence-corrected chi connectivity index (χ0v) is 11.5. The van der Waals surface area contributed by atoms with Crippen molar-refractivity contribution in [3.05, 3.63) is 46.0 Å². The van der Waals surface area contributed by atoms with E-state index in [0.717, 1.165) is 24.2 Å². The molecule has 0 saturated carbocycles. The average Bonchev–Trinajstić information content (AvgIpc) is 2.46. The first-order valence-corrected chi connectivity index (χ1v) is 6.48. The normalized spacial score (nSPS) is 9.90. The molecule has 0 aliphatic heterocycles. The molecule has 0 amide bonds. The van der Waals surface area contributed by atoms with E-state index in [1.54, 1.807) is 6.07 Å². The Balaban J connectivity index is 2.58. The Morgan fingerprint density at radius 2 is 2.00 bits per heavy atom. The van der Waals surface area contributed by atoms with Crippen molar-refractivity contribution in [2.24, 2.45) is 0 Å². The van der Waals surface area contributed by atoms with Crippen LogP contribution in [0, 0.1) is 0 Å². The van der Waals surface area contributed by atoms with Gasteiger partial charge in [0.15, 0.2) is 5.94 Å². The average molecular weight is 269 g/mol. The van der Waals surface area contributed by atoms with Gasteiger partial charge in [0.05, 0.1) is 5.56 Å². The number of anilines is 1. The molecule has 4 heteroatoms. The van der Waals surface area contributed by atoms with Gasteiger partial charge in [-0.05, 0) is 37.8 Å². The van der Waals surface area contributed by atoms with Crippen LogP contribution < -0.4 is 10.5 Å². The summed E-state index contributed by atoms with van der Waals surface area (Å²) in [7, 11) is 0. The van der Waals surface area contributed by atoms with E-state index in [1.165, 1.54) is 12.0 Å². The Morgan fingerprint density at radius 3 is 2.65 bits per heavy atom. The lowest BCUT2D eigenvalue weighted by Crippen LogP contribution is -2.21. The molecular weight excluding hydrogens is 254 g/mol. The first-order valence-electron chi connectivity index (χ1n) is 6.48. The van der Waals surface area contributed by atoms with Crippen LogP contribution in [0.1, 0.15) is 19.4 Å². The number of hydrogen-bond acceptors (Lipinski definition) is 4. The van der Waals surface area contributed by atoms with Gasteiger partial charge in [-0.2, -0.15) is 0 Å². The second-order valence-corrected chi connectivity index (χ2v) is 4.27. The SMILES string of the molecule is CCN(CC)c1ccc2cc(C=C=C=O)c(=O)oc2c1. The fourth-order valence-corrected chi connectivity index (χ4v) is 2.11. The minimum Gasteiger partial charge on any atom is -0.422 e. The number of carbonyl (C=O) groups excluding carboxylic acids is 1. The fraction of sp³-hybridized carbons (Fsp3) is 0.250. The van der Waals surface area contributed by atoms with Gasteiger partial charge in [-0.3, -0.25) is 0 Å². The summed E-state index contributed by atoms with van der Waals surface area (Å²) < 4.78 is 5.29. The number of fused-ring (bicyclic) bond motifs is 1. The Kier molecular flexibility index (Phi) is 4.21. The van der Waals surface area contributed by atoms with Crippen molar-refractivity contribution in [1.29, 1.82) is 0 Å². The summed E-state index contributed by atoms with van der Waals surface area (Å²) in [5.74, 6) is 1.49. The van der Waals surface area contributed by atoms with Crippen LogP contribution in [-0.2, 0) is 4.79 Å². The zero-order valence-electron chi connectivity index (χ0n) is 11.5. The number of nitrogens with zero attached hydrogens (tertiary/aromatic N) is 1. The molecule has 1 aromatic carbocycles.